The number of carbonyl (C=O) groups excluding carboxylic acids is 2. The van der Waals surface area contributed by atoms with Gasteiger partial charge in [0.25, 0.3) is 0 Å². The SMILES string of the molecule is CC1(c2cccs2)Cc2cc(OCC(=O)[O-])c(Cl)c(Cl)c2C1=O.[Na+]. The van der Waals surface area contributed by atoms with Crippen LogP contribution in [0.15, 0.2) is 23.6 Å². The van der Waals surface area contributed by atoms with E-state index in [1.807, 2.05) is 24.4 Å². The number of thiophene rings is 1. The molecule has 0 saturated heterocycles. The molecule has 1 aromatic carbocycles. The molecule has 0 bridgehead atoms. The summed E-state index contributed by atoms with van der Waals surface area (Å²) in [6.07, 6.45) is 0.459. The number of ether oxygens (including phenoxy) is 1. The van der Waals surface area contributed by atoms with E-state index in [0.717, 1.165) is 4.88 Å². The summed E-state index contributed by atoms with van der Waals surface area (Å²) in [7, 11) is 0. The molecule has 120 valence electrons. The minimum atomic E-state index is -1.36. The fourth-order valence-corrected chi connectivity index (χ4v) is 4.20. The topological polar surface area (TPSA) is 66.4 Å². The molecule has 1 heterocycles. The van der Waals surface area contributed by atoms with Gasteiger partial charge in [-0.15, -0.1) is 11.3 Å². The van der Waals surface area contributed by atoms with Crippen LogP contribution in [0.4, 0.5) is 0 Å². The van der Waals surface area contributed by atoms with Crippen molar-refractivity contribution >= 4 is 46.3 Å². The third-order valence-electron chi connectivity index (χ3n) is 3.94. The van der Waals surface area contributed by atoms with E-state index in [2.05, 4.69) is 0 Å². The van der Waals surface area contributed by atoms with Gasteiger partial charge in [-0.1, -0.05) is 29.3 Å². The molecule has 1 atom stereocenters. The van der Waals surface area contributed by atoms with Crippen molar-refractivity contribution in [2.75, 3.05) is 6.61 Å². The van der Waals surface area contributed by atoms with Crippen LogP contribution in [0.25, 0.3) is 0 Å². The van der Waals surface area contributed by atoms with Gasteiger partial charge in [0.1, 0.15) is 17.4 Å². The van der Waals surface area contributed by atoms with Crippen molar-refractivity contribution in [2.24, 2.45) is 0 Å². The molecular weight excluding hydrogens is 382 g/mol. The number of ketones is 1. The Morgan fingerprint density at radius 1 is 1.42 bits per heavy atom. The second kappa shape index (κ2) is 7.36. The molecule has 0 radical (unpaired) electrons. The van der Waals surface area contributed by atoms with Crippen LogP contribution >= 0.6 is 34.5 Å². The Morgan fingerprint density at radius 3 is 2.71 bits per heavy atom. The average Bonchev–Trinajstić information content (AvgIpc) is 3.10. The van der Waals surface area contributed by atoms with E-state index in [0.29, 0.717) is 17.5 Å². The Labute approximate surface area is 175 Å². The number of carbonyl (C=O) groups is 2. The molecule has 0 aliphatic heterocycles. The molecule has 1 aliphatic carbocycles. The zero-order chi connectivity index (χ0) is 16.8. The number of halogens is 2. The van der Waals surface area contributed by atoms with Crippen LogP contribution in [0.1, 0.15) is 27.7 Å². The van der Waals surface area contributed by atoms with E-state index in [4.69, 9.17) is 27.9 Å². The van der Waals surface area contributed by atoms with E-state index in [-0.39, 0.29) is 51.1 Å². The van der Waals surface area contributed by atoms with Crippen molar-refractivity contribution in [1.82, 2.24) is 0 Å². The molecule has 0 amide bonds. The molecular formula is C16H11Cl2NaO4S. The van der Waals surface area contributed by atoms with Crippen LogP contribution in [0.5, 0.6) is 5.75 Å². The number of carboxylic acid groups (broad SMARTS) is 1. The number of hydrogen-bond acceptors (Lipinski definition) is 5. The van der Waals surface area contributed by atoms with Crippen LogP contribution < -0.4 is 39.4 Å². The first kappa shape index (κ1) is 19.8. The number of Topliss-reactive ketones (excluding diaryl/α,β-unsaturated/α-hetero) is 1. The summed E-state index contributed by atoms with van der Waals surface area (Å²) in [5.41, 5.74) is 0.387. The Morgan fingerprint density at radius 2 is 2.12 bits per heavy atom. The third kappa shape index (κ3) is 3.26. The maximum absolute atomic E-state index is 12.9. The normalized spacial score (nSPS) is 18.9. The predicted octanol–water partition coefficient (Wildman–Crippen LogP) is -0.116. The van der Waals surface area contributed by atoms with Crippen molar-refractivity contribution in [3.8, 4) is 5.75 Å². The molecule has 0 spiro atoms. The molecule has 1 aliphatic rings. The van der Waals surface area contributed by atoms with Gasteiger partial charge in [-0.2, -0.15) is 0 Å². The fraction of sp³-hybridized carbons (Fsp3) is 0.250. The monoisotopic (exact) mass is 392 g/mol. The largest absolute Gasteiger partial charge is 1.00 e. The van der Waals surface area contributed by atoms with Gasteiger partial charge in [0.15, 0.2) is 5.78 Å². The molecule has 1 unspecified atom stereocenters. The molecule has 0 saturated carbocycles. The van der Waals surface area contributed by atoms with Gasteiger partial charge in [-0.05, 0) is 36.4 Å². The van der Waals surface area contributed by atoms with Crippen LogP contribution in [-0.4, -0.2) is 18.4 Å². The first-order valence-electron chi connectivity index (χ1n) is 6.77. The number of carboxylic acids is 1. The minimum Gasteiger partial charge on any atom is -0.546 e. The number of benzene rings is 1. The molecule has 1 aromatic heterocycles. The van der Waals surface area contributed by atoms with Crippen molar-refractivity contribution in [1.29, 1.82) is 0 Å². The first-order valence-corrected chi connectivity index (χ1v) is 8.40. The number of aliphatic carboxylic acids is 1. The summed E-state index contributed by atoms with van der Waals surface area (Å²) in [6.45, 7) is 1.23. The molecule has 4 nitrogen and oxygen atoms in total. The Hall–Kier alpha value is -0.560. The quantitative estimate of drug-likeness (QED) is 0.680. The number of hydrogen-bond donors (Lipinski definition) is 0. The number of fused-ring (bicyclic) bond motifs is 1. The molecule has 0 fully saturated rings. The van der Waals surface area contributed by atoms with Gasteiger partial charge in [0.05, 0.1) is 16.4 Å². The molecule has 3 rings (SSSR count). The minimum absolute atomic E-state index is 0. The zero-order valence-corrected chi connectivity index (χ0v) is 17.3. The van der Waals surface area contributed by atoms with Crippen LogP contribution in [0.2, 0.25) is 10.0 Å². The maximum atomic E-state index is 12.9. The van der Waals surface area contributed by atoms with Gasteiger partial charge in [0.2, 0.25) is 0 Å². The average molecular weight is 393 g/mol. The molecule has 2 aromatic rings. The summed E-state index contributed by atoms with van der Waals surface area (Å²) < 4.78 is 5.11. The fourth-order valence-electron chi connectivity index (χ4n) is 2.81. The Kier molecular flexibility index (Phi) is 6.06. The zero-order valence-electron chi connectivity index (χ0n) is 13.0. The van der Waals surface area contributed by atoms with Crippen molar-refractivity contribution in [2.45, 2.75) is 18.8 Å². The van der Waals surface area contributed by atoms with Crippen molar-refractivity contribution in [3.05, 3.63) is 49.6 Å². The van der Waals surface area contributed by atoms with Crippen LogP contribution in [0.3, 0.4) is 0 Å². The molecule has 24 heavy (non-hydrogen) atoms. The van der Waals surface area contributed by atoms with Crippen LogP contribution in [-0.2, 0) is 16.6 Å². The van der Waals surface area contributed by atoms with Gasteiger partial charge >= 0.3 is 29.6 Å². The van der Waals surface area contributed by atoms with Crippen molar-refractivity contribution in [3.63, 3.8) is 0 Å². The first-order chi connectivity index (χ1) is 10.8. The summed E-state index contributed by atoms with van der Waals surface area (Å²) in [5.74, 6) is -1.31. The Bertz CT molecular complexity index is 807. The number of rotatable bonds is 4. The molecule has 8 heteroatoms. The second-order valence-electron chi connectivity index (χ2n) is 5.51. The Balaban J connectivity index is 0.00000208. The van der Waals surface area contributed by atoms with Gasteiger partial charge in [-0.25, -0.2) is 0 Å². The van der Waals surface area contributed by atoms with E-state index < -0.39 is 18.0 Å². The van der Waals surface area contributed by atoms with E-state index in [1.165, 1.54) is 11.3 Å². The third-order valence-corrected chi connectivity index (χ3v) is 5.92. The second-order valence-corrected chi connectivity index (χ2v) is 7.22. The smallest absolute Gasteiger partial charge is 0.546 e. The molecule has 0 N–H and O–H groups in total. The van der Waals surface area contributed by atoms with E-state index >= 15 is 0 Å². The van der Waals surface area contributed by atoms with E-state index in [9.17, 15) is 14.7 Å². The van der Waals surface area contributed by atoms with Crippen LogP contribution in [0, 0.1) is 0 Å². The summed E-state index contributed by atoms with van der Waals surface area (Å²) in [5, 5.41) is 12.6. The summed E-state index contributed by atoms with van der Waals surface area (Å²) in [6, 6.07) is 5.39. The summed E-state index contributed by atoms with van der Waals surface area (Å²) in [4.78, 5) is 24.4. The van der Waals surface area contributed by atoms with E-state index in [1.54, 1.807) is 6.07 Å². The van der Waals surface area contributed by atoms with Gasteiger partial charge in [0, 0.05) is 10.4 Å². The standard InChI is InChI=1S/C16H12Cl2O4S.Na/c1-16(10-3-2-4-23-10)6-8-5-9(22-7-11(19)20)13(17)14(18)12(8)15(16)21;/h2-5H,6-7H2,1H3,(H,19,20);/q;+1/p-1. The predicted molar refractivity (Wildman–Crippen MR) is 86.7 cm³/mol. The van der Waals surface area contributed by atoms with Gasteiger partial charge < -0.3 is 14.6 Å². The maximum Gasteiger partial charge on any atom is 1.00 e. The van der Waals surface area contributed by atoms with Crippen molar-refractivity contribution < 1.29 is 49.0 Å². The van der Waals surface area contributed by atoms with Gasteiger partial charge in [-0.3, -0.25) is 4.79 Å². The summed E-state index contributed by atoms with van der Waals surface area (Å²) >= 11 is 13.9.